The zero-order valence-electron chi connectivity index (χ0n) is 10.3. The van der Waals surface area contributed by atoms with Crippen LogP contribution in [-0.2, 0) is 0 Å². The van der Waals surface area contributed by atoms with E-state index in [2.05, 4.69) is 5.32 Å². The highest BCUT2D eigenvalue weighted by molar-refractivity contribution is 5.96. The van der Waals surface area contributed by atoms with Gasteiger partial charge in [0, 0.05) is 19.0 Å². The van der Waals surface area contributed by atoms with Crippen LogP contribution in [0.15, 0.2) is 18.2 Å². The second-order valence-electron chi connectivity index (χ2n) is 3.75. The molecule has 1 aromatic rings. The Morgan fingerprint density at radius 2 is 2.28 bits per heavy atom. The van der Waals surface area contributed by atoms with Crippen LogP contribution < -0.4 is 10.1 Å². The highest BCUT2D eigenvalue weighted by atomic mass is 16.5. The molecule has 0 bridgehead atoms. The maximum atomic E-state index is 11.7. The third-order valence-corrected chi connectivity index (χ3v) is 2.45. The lowest BCUT2D eigenvalue weighted by atomic mass is 10.1. The number of nitriles is 1. The predicted molar refractivity (Wildman–Crippen MR) is 66.5 cm³/mol. The molecule has 0 atom stereocenters. The molecule has 96 valence electrons. The lowest BCUT2D eigenvalue weighted by Gasteiger charge is -2.07. The van der Waals surface area contributed by atoms with Crippen molar-refractivity contribution in [2.45, 2.75) is 19.3 Å². The SMILES string of the molecule is COc1ccc(C(=O)NCCCCC#N)c(O)c1. The summed E-state index contributed by atoms with van der Waals surface area (Å²) in [5, 5.41) is 20.7. The van der Waals surface area contributed by atoms with Gasteiger partial charge in [-0.1, -0.05) is 0 Å². The van der Waals surface area contributed by atoms with Crippen molar-refractivity contribution >= 4 is 5.91 Å². The van der Waals surface area contributed by atoms with E-state index >= 15 is 0 Å². The van der Waals surface area contributed by atoms with Gasteiger partial charge in [-0.25, -0.2) is 0 Å². The summed E-state index contributed by atoms with van der Waals surface area (Å²) in [6.07, 6.45) is 1.99. The number of nitrogens with one attached hydrogen (secondary N) is 1. The van der Waals surface area contributed by atoms with Gasteiger partial charge < -0.3 is 15.2 Å². The van der Waals surface area contributed by atoms with Gasteiger partial charge in [-0.15, -0.1) is 0 Å². The van der Waals surface area contributed by atoms with E-state index in [9.17, 15) is 9.90 Å². The van der Waals surface area contributed by atoms with Gasteiger partial charge in [0.15, 0.2) is 0 Å². The van der Waals surface area contributed by atoms with E-state index in [0.717, 1.165) is 12.8 Å². The Hall–Kier alpha value is -2.22. The first-order valence-corrected chi connectivity index (χ1v) is 5.71. The number of carbonyl (C=O) groups excluding carboxylic acids is 1. The highest BCUT2D eigenvalue weighted by Gasteiger charge is 2.11. The summed E-state index contributed by atoms with van der Waals surface area (Å²) in [5.74, 6) is 0.0639. The number of carbonyl (C=O) groups is 1. The van der Waals surface area contributed by atoms with E-state index < -0.39 is 0 Å². The fourth-order valence-electron chi connectivity index (χ4n) is 1.46. The van der Waals surface area contributed by atoms with Crippen LogP contribution in [0.2, 0.25) is 0 Å². The third-order valence-electron chi connectivity index (χ3n) is 2.45. The van der Waals surface area contributed by atoms with Crippen LogP contribution in [0, 0.1) is 11.3 Å². The molecule has 0 aromatic heterocycles. The number of aromatic hydroxyl groups is 1. The highest BCUT2D eigenvalue weighted by Crippen LogP contribution is 2.23. The molecule has 0 radical (unpaired) electrons. The Bertz CT molecular complexity index is 452. The standard InChI is InChI=1S/C13H16N2O3/c1-18-10-5-6-11(12(16)9-10)13(17)15-8-4-2-3-7-14/h5-6,9,16H,2-4,8H2,1H3,(H,15,17). The number of phenols is 1. The Morgan fingerprint density at radius 3 is 2.89 bits per heavy atom. The monoisotopic (exact) mass is 248 g/mol. The number of unbranched alkanes of at least 4 members (excludes halogenated alkanes) is 2. The summed E-state index contributed by atoms with van der Waals surface area (Å²) in [4.78, 5) is 11.7. The van der Waals surface area contributed by atoms with Gasteiger partial charge in [0.25, 0.3) is 5.91 Å². The van der Waals surface area contributed by atoms with E-state index in [1.54, 1.807) is 6.07 Å². The summed E-state index contributed by atoms with van der Waals surface area (Å²) < 4.78 is 4.93. The number of nitrogens with zero attached hydrogens (tertiary/aromatic N) is 1. The molecule has 5 heteroatoms. The first kappa shape index (κ1) is 13.8. The largest absolute Gasteiger partial charge is 0.507 e. The van der Waals surface area contributed by atoms with Crippen LogP contribution in [0.5, 0.6) is 11.5 Å². The minimum atomic E-state index is -0.327. The Labute approximate surface area is 106 Å². The van der Waals surface area contributed by atoms with E-state index in [0.29, 0.717) is 18.7 Å². The summed E-state index contributed by atoms with van der Waals surface area (Å²) in [6, 6.07) is 6.56. The van der Waals surface area contributed by atoms with Gasteiger partial charge in [0.1, 0.15) is 11.5 Å². The number of ether oxygens (including phenoxy) is 1. The minimum Gasteiger partial charge on any atom is -0.507 e. The maximum Gasteiger partial charge on any atom is 0.255 e. The topological polar surface area (TPSA) is 82.3 Å². The predicted octanol–water partition coefficient (Wildman–Crippen LogP) is 1.82. The minimum absolute atomic E-state index is 0.108. The smallest absolute Gasteiger partial charge is 0.255 e. The van der Waals surface area contributed by atoms with Crippen molar-refractivity contribution in [3.63, 3.8) is 0 Å². The van der Waals surface area contributed by atoms with Crippen LogP contribution in [0.25, 0.3) is 0 Å². The van der Waals surface area contributed by atoms with Crippen LogP contribution >= 0.6 is 0 Å². The molecule has 2 N–H and O–H groups in total. The number of hydrogen-bond acceptors (Lipinski definition) is 4. The van der Waals surface area contributed by atoms with Crippen molar-refractivity contribution < 1.29 is 14.6 Å². The fraction of sp³-hybridized carbons (Fsp3) is 0.385. The second-order valence-corrected chi connectivity index (χ2v) is 3.75. The third kappa shape index (κ3) is 3.98. The normalized spacial score (nSPS) is 9.56. The molecule has 18 heavy (non-hydrogen) atoms. The van der Waals surface area contributed by atoms with Gasteiger partial charge in [0.05, 0.1) is 18.7 Å². The Balaban J connectivity index is 2.49. The van der Waals surface area contributed by atoms with Gasteiger partial charge in [-0.05, 0) is 25.0 Å². The van der Waals surface area contributed by atoms with Gasteiger partial charge in [-0.2, -0.15) is 5.26 Å². The molecule has 1 amide bonds. The molecular formula is C13H16N2O3. The molecule has 0 saturated heterocycles. The van der Waals surface area contributed by atoms with E-state index in [1.165, 1.54) is 19.2 Å². The molecule has 5 nitrogen and oxygen atoms in total. The molecule has 0 aliphatic carbocycles. The quantitative estimate of drug-likeness (QED) is 0.752. The summed E-state index contributed by atoms with van der Waals surface area (Å²) in [7, 11) is 1.49. The van der Waals surface area contributed by atoms with Crippen LogP contribution in [0.1, 0.15) is 29.6 Å². The fourth-order valence-corrected chi connectivity index (χ4v) is 1.46. The van der Waals surface area contributed by atoms with Crippen molar-refractivity contribution in [1.82, 2.24) is 5.32 Å². The summed E-state index contributed by atoms with van der Waals surface area (Å²) >= 11 is 0. The first-order chi connectivity index (χ1) is 8.69. The van der Waals surface area contributed by atoms with Crippen LogP contribution in [0.3, 0.4) is 0 Å². The van der Waals surface area contributed by atoms with Crippen molar-refractivity contribution in [1.29, 1.82) is 5.26 Å². The molecular weight excluding hydrogens is 232 g/mol. The zero-order chi connectivity index (χ0) is 13.4. The molecule has 0 heterocycles. The second kappa shape index (κ2) is 7.17. The van der Waals surface area contributed by atoms with Crippen LogP contribution in [-0.4, -0.2) is 24.7 Å². The zero-order valence-corrected chi connectivity index (χ0v) is 10.3. The number of phenolic OH excluding ortho intramolecular Hbond substituents is 1. The number of methoxy groups -OCH3 is 1. The van der Waals surface area contributed by atoms with Gasteiger partial charge in [-0.3, -0.25) is 4.79 Å². The summed E-state index contributed by atoms with van der Waals surface area (Å²) in [5.41, 5.74) is 0.219. The first-order valence-electron chi connectivity index (χ1n) is 5.71. The average molecular weight is 248 g/mol. The molecule has 1 aromatic carbocycles. The van der Waals surface area contributed by atoms with E-state index in [4.69, 9.17) is 10.00 Å². The summed E-state index contributed by atoms with van der Waals surface area (Å²) in [6.45, 7) is 0.492. The molecule has 0 aliphatic heterocycles. The van der Waals surface area contributed by atoms with Crippen molar-refractivity contribution in [3.05, 3.63) is 23.8 Å². The number of hydrogen-bond donors (Lipinski definition) is 2. The number of rotatable bonds is 6. The van der Waals surface area contributed by atoms with E-state index in [-0.39, 0.29) is 17.2 Å². The molecule has 0 aliphatic rings. The van der Waals surface area contributed by atoms with Gasteiger partial charge in [0.2, 0.25) is 0 Å². The Morgan fingerprint density at radius 1 is 1.50 bits per heavy atom. The van der Waals surface area contributed by atoms with Crippen LogP contribution in [0.4, 0.5) is 0 Å². The average Bonchev–Trinajstić information content (AvgIpc) is 2.38. The molecule has 1 rings (SSSR count). The number of benzene rings is 1. The van der Waals surface area contributed by atoms with Gasteiger partial charge >= 0.3 is 0 Å². The molecule has 0 spiro atoms. The Kier molecular flexibility index (Phi) is 5.52. The lowest BCUT2D eigenvalue weighted by molar-refractivity contribution is 0.0950. The maximum absolute atomic E-state index is 11.7. The molecule has 0 saturated carbocycles. The molecule has 0 unspecified atom stereocenters. The van der Waals surface area contributed by atoms with E-state index in [1.807, 2.05) is 6.07 Å². The van der Waals surface area contributed by atoms with Crippen molar-refractivity contribution in [3.8, 4) is 17.6 Å². The van der Waals surface area contributed by atoms with Crippen molar-refractivity contribution in [2.24, 2.45) is 0 Å². The lowest BCUT2D eigenvalue weighted by Crippen LogP contribution is -2.24. The van der Waals surface area contributed by atoms with Crippen molar-refractivity contribution in [2.75, 3.05) is 13.7 Å². The molecule has 0 fully saturated rings. The number of amides is 1.